The second-order valence-electron chi connectivity index (χ2n) is 4.08. The zero-order valence-corrected chi connectivity index (χ0v) is 12.5. The lowest BCUT2D eigenvalue weighted by atomic mass is 10.2. The summed E-state index contributed by atoms with van der Waals surface area (Å²) in [5.74, 6) is 0.329. The summed E-state index contributed by atoms with van der Waals surface area (Å²) in [5, 5.41) is 16.2. The number of aromatic nitrogens is 1. The van der Waals surface area contributed by atoms with E-state index in [1.807, 2.05) is 19.1 Å². The van der Waals surface area contributed by atoms with Gasteiger partial charge in [-0.15, -0.1) is 11.3 Å². The van der Waals surface area contributed by atoms with Crippen molar-refractivity contribution in [1.29, 1.82) is 0 Å². The number of halogens is 1. The summed E-state index contributed by atoms with van der Waals surface area (Å²) in [5.41, 5.74) is 1.99. The lowest BCUT2D eigenvalue weighted by molar-refractivity contribution is 0.464. The second-order valence-corrected chi connectivity index (χ2v) is 5.94. The highest BCUT2D eigenvalue weighted by Gasteiger charge is 2.02. The van der Waals surface area contributed by atoms with Gasteiger partial charge in [-0.1, -0.05) is 15.9 Å². The van der Waals surface area contributed by atoms with E-state index in [0.717, 1.165) is 33.7 Å². The molecule has 0 aliphatic heterocycles. The van der Waals surface area contributed by atoms with Crippen LogP contribution in [0, 0.1) is 6.92 Å². The van der Waals surface area contributed by atoms with Crippen molar-refractivity contribution in [3.63, 3.8) is 0 Å². The van der Waals surface area contributed by atoms with E-state index < -0.39 is 0 Å². The number of nitrogens with zero attached hydrogens (tertiary/aromatic N) is 1. The molecule has 0 saturated carbocycles. The number of rotatable bonds is 5. The molecule has 5 heteroatoms. The summed E-state index contributed by atoms with van der Waals surface area (Å²) in [6.07, 6.45) is 0.924. The quantitative estimate of drug-likeness (QED) is 0.829. The van der Waals surface area contributed by atoms with E-state index in [9.17, 15) is 5.11 Å². The monoisotopic (exact) mass is 326 g/mol. The number of aryl methyl sites for hydroxylation is 1. The third-order valence-electron chi connectivity index (χ3n) is 2.54. The first-order chi connectivity index (χ1) is 8.65. The minimum Gasteiger partial charge on any atom is -0.508 e. The van der Waals surface area contributed by atoms with Gasteiger partial charge in [0, 0.05) is 40.6 Å². The maximum Gasteiger partial charge on any atom is 0.120 e. The van der Waals surface area contributed by atoms with Crippen molar-refractivity contribution in [2.75, 3.05) is 6.54 Å². The standard InChI is InChI=1S/C13H15BrN2OS/c1-9-8-18-13(16-9)4-5-15-7-10-6-11(14)2-3-12(10)17/h2-3,6,8,15,17H,4-5,7H2,1H3. The minimum atomic E-state index is 0.329. The van der Waals surface area contributed by atoms with Crippen LogP contribution in [-0.4, -0.2) is 16.6 Å². The molecule has 2 aromatic rings. The van der Waals surface area contributed by atoms with Crippen LogP contribution < -0.4 is 5.32 Å². The van der Waals surface area contributed by atoms with Crippen LogP contribution in [0.2, 0.25) is 0 Å². The van der Waals surface area contributed by atoms with Crippen LogP contribution in [0.3, 0.4) is 0 Å². The van der Waals surface area contributed by atoms with Crippen molar-refractivity contribution in [1.82, 2.24) is 10.3 Å². The van der Waals surface area contributed by atoms with E-state index in [1.165, 1.54) is 0 Å². The Hall–Kier alpha value is -0.910. The number of phenolic OH excluding ortho intramolecular Hbond substituents is 1. The van der Waals surface area contributed by atoms with E-state index in [4.69, 9.17) is 0 Å². The largest absolute Gasteiger partial charge is 0.508 e. The van der Waals surface area contributed by atoms with E-state index in [2.05, 4.69) is 31.6 Å². The molecule has 0 unspecified atom stereocenters. The Morgan fingerprint density at radius 1 is 1.44 bits per heavy atom. The van der Waals surface area contributed by atoms with Crippen molar-refractivity contribution in [3.05, 3.63) is 44.3 Å². The van der Waals surface area contributed by atoms with Gasteiger partial charge in [-0.3, -0.25) is 0 Å². The molecule has 18 heavy (non-hydrogen) atoms. The van der Waals surface area contributed by atoms with Crippen molar-refractivity contribution in [2.24, 2.45) is 0 Å². The molecule has 0 spiro atoms. The van der Waals surface area contributed by atoms with E-state index in [1.54, 1.807) is 17.4 Å². The number of benzene rings is 1. The molecule has 96 valence electrons. The molecule has 0 saturated heterocycles. The molecule has 1 heterocycles. The molecule has 3 nitrogen and oxygen atoms in total. The first-order valence-electron chi connectivity index (χ1n) is 5.74. The van der Waals surface area contributed by atoms with Gasteiger partial charge in [0.25, 0.3) is 0 Å². The summed E-state index contributed by atoms with van der Waals surface area (Å²) in [7, 11) is 0. The number of hydrogen-bond acceptors (Lipinski definition) is 4. The summed E-state index contributed by atoms with van der Waals surface area (Å²) in [6, 6.07) is 5.46. The smallest absolute Gasteiger partial charge is 0.120 e. The van der Waals surface area contributed by atoms with Gasteiger partial charge in [0.05, 0.1) is 5.01 Å². The molecule has 0 radical (unpaired) electrons. The van der Waals surface area contributed by atoms with E-state index in [0.29, 0.717) is 12.3 Å². The molecule has 0 atom stereocenters. The van der Waals surface area contributed by atoms with E-state index >= 15 is 0 Å². The van der Waals surface area contributed by atoms with Gasteiger partial charge in [-0.2, -0.15) is 0 Å². The molecule has 2 N–H and O–H groups in total. The number of thiazole rings is 1. The number of aromatic hydroxyl groups is 1. The maximum atomic E-state index is 9.68. The average Bonchev–Trinajstić information content (AvgIpc) is 2.75. The fraction of sp³-hybridized carbons (Fsp3) is 0.308. The summed E-state index contributed by atoms with van der Waals surface area (Å²) in [4.78, 5) is 4.41. The van der Waals surface area contributed by atoms with Crippen LogP contribution in [-0.2, 0) is 13.0 Å². The molecule has 2 rings (SSSR count). The summed E-state index contributed by atoms with van der Waals surface area (Å²) < 4.78 is 0.979. The molecule has 0 aliphatic carbocycles. The highest BCUT2D eigenvalue weighted by atomic mass is 79.9. The van der Waals surface area contributed by atoms with E-state index in [-0.39, 0.29) is 0 Å². The Morgan fingerprint density at radius 3 is 3.00 bits per heavy atom. The first-order valence-corrected chi connectivity index (χ1v) is 7.41. The molecular formula is C13H15BrN2OS. The van der Waals surface area contributed by atoms with Crippen molar-refractivity contribution in [3.8, 4) is 5.75 Å². The first kappa shape index (κ1) is 13.5. The van der Waals surface area contributed by atoms with Gasteiger partial charge >= 0.3 is 0 Å². The normalized spacial score (nSPS) is 10.8. The zero-order valence-electron chi connectivity index (χ0n) is 10.1. The third kappa shape index (κ3) is 3.80. The Morgan fingerprint density at radius 2 is 2.28 bits per heavy atom. The molecule has 0 bridgehead atoms. The van der Waals surface area contributed by atoms with Crippen LogP contribution in [0.15, 0.2) is 28.1 Å². The highest BCUT2D eigenvalue weighted by Crippen LogP contribution is 2.21. The lowest BCUT2D eigenvalue weighted by Crippen LogP contribution is -2.16. The average molecular weight is 327 g/mol. The zero-order chi connectivity index (χ0) is 13.0. The van der Waals surface area contributed by atoms with Crippen molar-refractivity contribution in [2.45, 2.75) is 19.9 Å². The number of hydrogen-bond donors (Lipinski definition) is 2. The van der Waals surface area contributed by atoms with Crippen LogP contribution >= 0.6 is 27.3 Å². The Labute approximate surface area is 119 Å². The van der Waals surface area contributed by atoms with Gasteiger partial charge in [0.15, 0.2) is 0 Å². The number of phenols is 1. The van der Waals surface area contributed by atoms with Gasteiger partial charge in [-0.25, -0.2) is 4.98 Å². The third-order valence-corrected chi connectivity index (χ3v) is 4.06. The summed E-state index contributed by atoms with van der Waals surface area (Å²) in [6.45, 7) is 3.53. The van der Waals surface area contributed by atoms with Crippen molar-refractivity contribution >= 4 is 27.3 Å². The summed E-state index contributed by atoms with van der Waals surface area (Å²) >= 11 is 5.09. The molecule has 0 aliphatic rings. The van der Waals surface area contributed by atoms with Crippen molar-refractivity contribution < 1.29 is 5.11 Å². The predicted molar refractivity (Wildman–Crippen MR) is 78.1 cm³/mol. The fourth-order valence-corrected chi connectivity index (χ4v) is 2.82. The molecule has 0 amide bonds. The molecule has 1 aromatic carbocycles. The van der Waals surface area contributed by atoms with Crippen LogP contribution in [0.25, 0.3) is 0 Å². The van der Waals surface area contributed by atoms with Gasteiger partial charge in [-0.05, 0) is 25.1 Å². The van der Waals surface area contributed by atoms with Crippen LogP contribution in [0.5, 0.6) is 5.75 Å². The van der Waals surface area contributed by atoms with Gasteiger partial charge in [0.1, 0.15) is 5.75 Å². The van der Waals surface area contributed by atoms with Crippen LogP contribution in [0.4, 0.5) is 0 Å². The molecule has 1 aromatic heterocycles. The fourth-order valence-electron chi connectivity index (χ4n) is 1.63. The Kier molecular flexibility index (Phi) is 4.74. The maximum absolute atomic E-state index is 9.68. The molecule has 0 fully saturated rings. The van der Waals surface area contributed by atoms with Crippen LogP contribution in [0.1, 0.15) is 16.3 Å². The predicted octanol–water partition coefficient (Wildman–Crippen LogP) is 3.25. The second kappa shape index (κ2) is 6.31. The Bertz CT molecular complexity index is 527. The lowest BCUT2D eigenvalue weighted by Gasteiger charge is -2.06. The Balaban J connectivity index is 1.80. The molecular weight excluding hydrogens is 312 g/mol. The van der Waals surface area contributed by atoms with Gasteiger partial charge < -0.3 is 10.4 Å². The SMILES string of the molecule is Cc1csc(CCNCc2cc(Br)ccc2O)n1. The minimum absolute atomic E-state index is 0.329. The van der Waals surface area contributed by atoms with Gasteiger partial charge in [0.2, 0.25) is 0 Å². The number of nitrogens with one attached hydrogen (secondary N) is 1. The topological polar surface area (TPSA) is 45.1 Å². The highest BCUT2D eigenvalue weighted by molar-refractivity contribution is 9.10.